The second-order valence-corrected chi connectivity index (χ2v) is 4.99. The summed E-state index contributed by atoms with van der Waals surface area (Å²) in [6, 6.07) is 2.45. The molecule has 86 valence electrons. The maximum Gasteiger partial charge on any atom is 0.186 e. The Hall–Kier alpha value is -0.680. The SMILES string of the molecule is CC(=O)SCC=Cc1cc(F)c(Br)c(F)c1. The molecule has 0 saturated heterocycles. The van der Waals surface area contributed by atoms with Crippen molar-refractivity contribution in [3.05, 3.63) is 39.9 Å². The molecule has 0 fully saturated rings. The van der Waals surface area contributed by atoms with Crippen LogP contribution < -0.4 is 0 Å². The van der Waals surface area contributed by atoms with Crippen LogP contribution in [0, 0.1) is 11.6 Å². The lowest BCUT2D eigenvalue weighted by Gasteiger charge is -1.99. The van der Waals surface area contributed by atoms with Gasteiger partial charge in [0.05, 0.1) is 4.47 Å². The van der Waals surface area contributed by atoms with Crippen molar-refractivity contribution in [1.29, 1.82) is 0 Å². The first-order chi connectivity index (χ1) is 7.50. The molecule has 16 heavy (non-hydrogen) atoms. The molecule has 0 spiro atoms. The third kappa shape index (κ3) is 4.06. The van der Waals surface area contributed by atoms with Gasteiger partial charge in [-0.3, -0.25) is 4.79 Å². The van der Waals surface area contributed by atoms with E-state index in [0.717, 1.165) is 11.8 Å². The standard InChI is InChI=1S/C11H9BrF2OS/c1-7(15)16-4-2-3-8-5-9(13)11(12)10(14)6-8/h2-3,5-6H,4H2,1H3. The maximum atomic E-state index is 13.1. The number of benzene rings is 1. The maximum absolute atomic E-state index is 13.1. The zero-order chi connectivity index (χ0) is 12.1. The number of hydrogen-bond donors (Lipinski definition) is 0. The van der Waals surface area contributed by atoms with Crippen LogP contribution in [0.1, 0.15) is 12.5 Å². The molecule has 1 aromatic rings. The van der Waals surface area contributed by atoms with Crippen LogP contribution in [0.2, 0.25) is 0 Å². The fraction of sp³-hybridized carbons (Fsp3) is 0.182. The molecule has 5 heteroatoms. The Labute approximate surface area is 105 Å². The average molecular weight is 307 g/mol. The first kappa shape index (κ1) is 13.4. The van der Waals surface area contributed by atoms with Gasteiger partial charge in [-0.05, 0) is 33.6 Å². The third-order valence-corrected chi connectivity index (χ3v) is 3.22. The van der Waals surface area contributed by atoms with Crippen molar-refractivity contribution >= 4 is 38.9 Å². The summed E-state index contributed by atoms with van der Waals surface area (Å²) >= 11 is 3.93. The van der Waals surface area contributed by atoms with E-state index in [1.165, 1.54) is 19.1 Å². The molecule has 0 aliphatic carbocycles. The largest absolute Gasteiger partial charge is 0.288 e. The van der Waals surface area contributed by atoms with E-state index in [2.05, 4.69) is 15.9 Å². The molecule has 0 saturated carbocycles. The Bertz CT molecular complexity index is 409. The molecule has 0 N–H and O–H groups in total. The zero-order valence-electron chi connectivity index (χ0n) is 8.47. The number of carbonyl (C=O) groups excluding carboxylic acids is 1. The summed E-state index contributed by atoms with van der Waals surface area (Å²) in [5, 5.41) is 0.0119. The van der Waals surface area contributed by atoms with E-state index in [0.29, 0.717) is 11.3 Å². The van der Waals surface area contributed by atoms with E-state index >= 15 is 0 Å². The lowest BCUT2D eigenvalue weighted by molar-refractivity contribution is -0.109. The normalized spacial score (nSPS) is 11.0. The van der Waals surface area contributed by atoms with Crippen LogP contribution in [0.3, 0.4) is 0 Å². The van der Waals surface area contributed by atoms with E-state index in [-0.39, 0.29) is 9.59 Å². The molecule has 0 aliphatic rings. The molecule has 0 bridgehead atoms. The first-order valence-corrected chi connectivity index (χ1v) is 6.23. The summed E-state index contributed by atoms with van der Waals surface area (Å²) in [7, 11) is 0. The van der Waals surface area contributed by atoms with Gasteiger partial charge < -0.3 is 0 Å². The number of rotatable bonds is 3. The molecule has 1 aromatic carbocycles. The topological polar surface area (TPSA) is 17.1 Å². The van der Waals surface area contributed by atoms with Gasteiger partial charge in [0, 0.05) is 12.7 Å². The lowest BCUT2D eigenvalue weighted by Crippen LogP contribution is -1.86. The number of thioether (sulfide) groups is 1. The Morgan fingerprint density at radius 3 is 2.50 bits per heavy atom. The molecule has 0 aliphatic heterocycles. The minimum absolute atomic E-state index is 0.0119. The minimum atomic E-state index is -0.640. The number of carbonyl (C=O) groups is 1. The van der Waals surface area contributed by atoms with E-state index in [9.17, 15) is 13.6 Å². The van der Waals surface area contributed by atoms with Crippen LogP contribution in [0.25, 0.3) is 6.08 Å². The summed E-state index contributed by atoms with van der Waals surface area (Å²) in [5.74, 6) is -0.785. The van der Waals surface area contributed by atoms with E-state index in [1.807, 2.05) is 0 Å². The molecular formula is C11H9BrF2OS. The van der Waals surface area contributed by atoms with Crippen molar-refractivity contribution in [1.82, 2.24) is 0 Å². The highest BCUT2D eigenvalue weighted by Crippen LogP contribution is 2.21. The molecule has 1 rings (SSSR count). The Morgan fingerprint density at radius 1 is 1.44 bits per heavy atom. The highest BCUT2D eigenvalue weighted by atomic mass is 79.9. The molecule has 0 atom stereocenters. The highest BCUT2D eigenvalue weighted by molar-refractivity contribution is 9.10. The smallest absolute Gasteiger partial charge is 0.186 e. The molecule has 0 aromatic heterocycles. The van der Waals surface area contributed by atoms with Crippen molar-refractivity contribution in [2.75, 3.05) is 5.75 Å². The Morgan fingerprint density at radius 2 is 2.00 bits per heavy atom. The van der Waals surface area contributed by atoms with Gasteiger partial charge in [-0.2, -0.15) is 0 Å². The van der Waals surface area contributed by atoms with Gasteiger partial charge in [0.1, 0.15) is 11.6 Å². The van der Waals surface area contributed by atoms with Crippen LogP contribution in [0.15, 0.2) is 22.7 Å². The predicted molar refractivity (Wildman–Crippen MR) is 66.2 cm³/mol. The van der Waals surface area contributed by atoms with Gasteiger partial charge in [-0.1, -0.05) is 23.9 Å². The minimum Gasteiger partial charge on any atom is -0.288 e. The second kappa shape index (κ2) is 6.15. The van der Waals surface area contributed by atoms with Crippen molar-refractivity contribution in [2.45, 2.75) is 6.92 Å². The van der Waals surface area contributed by atoms with Crippen molar-refractivity contribution in [3.63, 3.8) is 0 Å². The Balaban J connectivity index is 2.71. The fourth-order valence-electron chi connectivity index (χ4n) is 1.02. The lowest BCUT2D eigenvalue weighted by atomic mass is 10.2. The van der Waals surface area contributed by atoms with E-state index in [1.54, 1.807) is 12.2 Å². The van der Waals surface area contributed by atoms with Crippen LogP contribution in [-0.4, -0.2) is 10.9 Å². The first-order valence-electron chi connectivity index (χ1n) is 4.45. The predicted octanol–water partition coefficient (Wildman–Crippen LogP) is 4.02. The molecule has 0 unspecified atom stereocenters. The Kier molecular flexibility index (Phi) is 5.15. The highest BCUT2D eigenvalue weighted by Gasteiger charge is 2.06. The third-order valence-electron chi connectivity index (χ3n) is 1.70. The van der Waals surface area contributed by atoms with Gasteiger partial charge in [-0.25, -0.2) is 8.78 Å². The van der Waals surface area contributed by atoms with Gasteiger partial charge >= 0.3 is 0 Å². The van der Waals surface area contributed by atoms with E-state index in [4.69, 9.17) is 0 Å². The molecule has 0 radical (unpaired) electrons. The molecule has 1 nitrogen and oxygen atoms in total. The van der Waals surface area contributed by atoms with Gasteiger partial charge in [0.25, 0.3) is 0 Å². The van der Waals surface area contributed by atoms with E-state index < -0.39 is 11.6 Å². The van der Waals surface area contributed by atoms with Gasteiger partial charge in [-0.15, -0.1) is 0 Å². The summed E-state index contributed by atoms with van der Waals surface area (Å²) in [4.78, 5) is 10.6. The number of hydrogen-bond acceptors (Lipinski definition) is 2. The average Bonchev–Trinajstić information content (AvgIpc) is 2.20. The second-order valence-electron chi connectivity index (χ2n) is 3.00. The van der Waals surface area contributed by atoms with Crippen LogP contribution in [-0.2, 0) is 4.79 Å². The molecule has 0 heterocycles. The quantitative estimate of drug-likeness (QED) is 0.785. The van der Waals surface area contributed by atoms with Gasteiger partial charge in [0.2, 0.25) is 0 Å². The van der Waals surface area contributed by atoms with Crippen molar-refractivity contribution < 1.29 is 13.6 Å². The summed E-state index contributed by atoms with van der Waals surface area (Å²) < 4.78 is 26.0. The summed E-state index contributed by atoms with van der Waals surface area (Å²) in [5.41, 5.74) is 0.433. The summed E-state index contributed by atoms with van der Waals surface area (Å²) in [6.45, 7) is 1.47. The zero-order valence-corrected chi connectivity index (χ0v) is 10.9. The number of halogens is 3. The van der Waals surface area contributed by atoms with Crippen molar-refractivity contribution in [3.8, 4) is 0 Å². The molecule has 0 amide bonds. The van der Waals surface area contributed by atoms with Crippen LogP contribution in [0.4, 0.5) is 8.78 Å². The van der Waals surface area contributed by atoms with Crippen molar-refractivity contribution in [2.24, 2.45) is 0 Å². The van der Waals surface area contributed by atoms with Crippen LogP contribution in [0.5, 0.6) is 0 Å². The van der Waals surface area contributed by atoms with Crippen LogP contribution >= 0.6 is 27.7 Å². The summed E-state index contributed by atoms with van der Waals surface area (Å²) in [6.07, 6.45) is 3.27. The van der Waals surface area contributed by atoms with Gasteiger partial charge in [0.15, 0.2) is 5.12 Å². The molecular weight excluding hydrogens is 298 g/mol. The fourth-order valence-corrected chi connectivity index (χ4v) is 1.68. The monoisotopic (exact) mass is 306 g/mol.